The van der Waals surface area contributed by atoms with Crippen LogP contribution in [0.25, 0.3) is 0 Å². The zero-order valence-corrected chi connectivity index (χ0v) is 10.0. The number of benzene rings is 1. The number of aryl methyl sites for hydroxylation is 1. The molecule has 92 valence electrons. The number of amides is 1. The van der Waals surface area contributed by atoms with Crippen LogP contribution in [0.4, 0.5) is 11.4 Å². The molecule has 1 rings (SSSR count). The molecule has 0 radical (unpaired) electrons. The van der Waals surface area contributed by atoms with Crippen molar-refractivity contribution in [1.82, 2.24) is 0 Å². The molecule has 1 aromatic carbocycles. The van der Waals surface area contributed by atoms with Gasteiger partial charge in [-0.15, -0.1) is 0 Å². The summed E-state index contributed by atoms with van der Waals surface area (Å²) in [7, 11) is 0. The van der Waals surface area contributed by atoms with Gasteiger partial charge in [0.1, 0.15) is 0 Å². The highest BCUT2D eigenvalue weighted by atomic mass is 16.6. The first-order chi connectivity index (χ1) is 8.04. The van der Waals surface area contributed by atoms with E-state index in [1.165, 1.54) is 6.07 Å². The molecular formula is C12H16N2O3. The molecule has 0 saturated heterocycles. The Morgan fingerprint density at radius 1 is 1.47 bits per heavy atom. The van der Waals surface area contributed by atoms with E-state index in [0.717, 1.165) is 12.8 Å². The Morgan fingerprint density at radius 2 is 2.18 bits per heavy atom. The minimum atomic E-state index is -0.433. The average molecular weight is 236 g/mol. The largest absolute Gasteiger partial charge is 0.326 e. The summed E-state index contributed by atoms with van der Waals surface area (Å²) >= 11 is 0. The minimum Gasteiger partial charge on any atom is -0.326 e. The van der Waals surface area contributed by atoms with E-state index >= 15 is 0 Å². The first-order valence-electron chi connectivity index (χ1n) is 5.59. The first kappa shape index (κ1) is 13.2. The lowest BCUT2D eigenvalue weighted by Gasteiger charge is -2.05. The summed E-state index contributed by atoms with van der Waals surface area (Å²) in [6.07, 6.45) is 2.29. The molecule has 1 N–H and O–H groups in total. The number of hydrogen-bond donors (Lipinski definition) is 1. The Kier molecular flexibility index (Phi) is 4.63. The van der Waals surface area contributed by atoms with E-state index < -0.39 is 4.92 Å². The molecule has 0 aromatic heterocycles. The van der Waals surface area contributed by atoms with Gasteiger partial charge in [0.25, 0.3) is 5.69 Å². The van der Waals surface area contributed by atoms with Gasteiger partial charge in [-0.05, 0) is 25.5 Å². The number of hydrogen-bond acceptors (Lipinski definition) is 3. The van der Waals surface area contributed by atoms with Crippen LogP contribution in [-0.2, 0) is 4.79 Å². The Morgan fingerprint density at radius 3 is 2.71 bits per heavy atom. The molecule has 17 heavy (non-hydrogen) atoms. The SMILES string of the molecule is CCCCC(=O)Nc1ccc([N+](=O)[O-])c(C)c1. The highest BCUT2D eigenvalue weighted by molar-refractivity contribution is 5.90. The van der Waals surface area contributed by atoms with Crippen molar-refractivity contribution in [2.75, 3.05) is 5.32 Å². The lowest BCUT2D eigenvalue weighted by molar-refractivity contribution is -0.385. The molecule has 1 amide bonds. The fourth-order valence-corrected chi connectivity index (χ4v) is 1.50. The molecule has 0 aliphatic carbocycles. The molecule has 0 aliphatic rings. The van der Waals surface area contributed by atoms with E-state index in [2.05, 4.69) is 5.32 Å². The van der Waals surface area contributed by atoms with E-state index in [-0.39, 0.29) is 11.6 Å². The fraction of sp³-hybridized carbons (Fsp3) is 0.417. The van der Waals surface area contributed by atoms with Gasteiger partial charge < -0.3 is 5.32 Å². The standard InChI is InChI=1S/C12H16N2O3/c1-3-4-5-12(15)13-10-6-7-11(14(16)17)9(2)8-10/h6-8H,3-5H2,1-2H3,(H,13,15). The predicted molar refractivity (Wildman–Crippen MR) is 66.0 cm³/mol. The zero-order valence-electron chi connectivity index (χ0n) is 10.0. The van der Waals surface area contributed by atoms with E-state index in [4.69, 9.17) is 0 Å². The maximum Gasteiger partial charge on any atom is 0.272 e. The average Bonchev–Trinajstić information content (AvgIpc) is 2.26. The Hall–Kier alpha value is -1.91. The highest BCUT2D eigenvalue weighted by Gasteiger charge is 2.11. The number of anilines is 1. The molecule has 5 heteroatoms. The van der Waals surface area contributed by atoms with Crippen molar-refractivity contribution in [2.24, 2.45) is 0 Å². The second kappa shape index (κ2) is 5.98. The number of rotatable bonds is 5. The fourth-order valence-electron chi connectivity index (χ4n) is 1.50. The maximum atomic E-state index is 11.5. The van der Waals surface area contributed by atoms with Crippen LogP contribution in [-0.4, -0.2) is 10.8 Å². The van der Waals surface area contributed by atoms with Gasteiger partial charge in [-0.2, -0.15) is 0 Å². The van der Waals surface area contributed by atoms with Crippen molar-refractivity contribution in [3.63, 3.8) is 0 Å². The monoisotopic (exact) mass is 236 g/mol. The Balaban J connectivity index is 2.70. The number of nitrogens with zero attached hydrogens (tertiary/aromatic N) is 1. The summed E-state index contributed by atoms with van der Waals surface area (Å²) in [5.74, 6) is -0.0555. The zero-order chi connectivity index (χ0) is 12.8. The summed E-state index contributed by atoms with van der Waals surface area (Å²) in [5.41, 5.74) is 1.22. The lowest BCUT2D eigenvalue weighted by atomic mass is 10.1. The summed E-state index contributed by atoms with van der Waals surface area (Å²) in [5, 5.41) is 13.3. The summed E-state index contributed by atoms with van der Waals surface area (Å²) in [6.45, 7) is 3.67. The first-order valence-corrected chi connectivity index (χ1v) is 5.59. The molecule has 0 heterocycles. The molecule has 0 atom stereocenters. The third-order valence-electron chi connectivity index (χ3n) is 2.43. The van der Waals surface area contributed by atoms with Crippen molar-refractivity contribution < 1.29 is 9.72 Å². The van der Waals surface area contributed by atoms with Gasteiger partial charge in [-0.1, -0.05) is 13.3 Å². The topological polar surface area (TPSA) is 72.2 Å². The number of nitrogens with one attached hydrogen (secondary N) is 1. The molecule has 0 unspecified atom stereocenters. The molecular weight excluding hydrogens is 220 g/mol. The van der Waals surface area contributed by atoms with E-state index in [1.807, 2.05) is 6.92 Å². The van der Waals surface area contributed by atoms with Crippen LogP contribution in [0.2, 0.25) is 0 Å². The summed E-state index contributed by atoms with van der Waals surface area (Å²) in [6, 6.07) is 4.57. The number of nitro groups is 1. The van der Waals surface area contributed by atoms with Gasteiger partial charge in [0.05, 0.1) is 4.92 Å². The van der Waals surface area contributed by atoms with Gasteiger partial charge in [0.2, 0.25) is 5.91 Å². The van der Waals surface area contributed by atoms with E-state index in [9.17, 15) is 14.9 Å². The molecule has 1 aromatic rings. The van der Waals surface area contributed by atoms with Crippen LogP contribution < -0.4 is 5.32 Å². The van der Waals surface area contributed by atoms with Crippen molar-refractivity contribution >= 4 is 17.3 Å². The number of carbonyl (C=O) groups excluding carboxylic acids is 1. The Labute approximate surface area is 100.0 Å². The van der Waals surface area contributed by atoms with Gasteiger partial charge in [0, 0.05) is 23.7 Å². The number of unbranched alkanes of at least 4 members (excludes halogenated alkanes) is 1. The molecule has 0 spiro atoms. The third kappa shape index (κ3) is 3.86. The minimum absolute atomic E-state index is 0.0555. The molecule has 0 bridgehead atoms. The van der Waals surface area contributed by atoms with Gasteiger partial charge in [0.15, 0.2) is 0 Å². The van der Waals surface area contributed by atoms with Gasteiger partial charge in [-0.25, -0.2) is 0 Å². The van der Waals surface area contributed by atoms with Gasteiger partial charge >= 0.3 is 0 Å². The molecule has 0 saturated carbocycles. The smallest absolute Gasteiger partial charge is 0.272 e. The van der Waals surface area contributed by atoms with E-state index in [0.29, 0.717) is 17.7 Å². The normalized spacial score (nSPS) is 10.0. The van der Waals surface area contributed by atoms with Crippen molar-refractivity contribution in [2.45, 2.75) is 33.1 Å². The van der Waals surface area contributed by atoms with Gasteiger partial charge in [-0.3, -0.25) is 14.9 Å². The van der Waals surface area contributed by atoms with Crippen molar-refractivity contribution in [1.29, 1.82) is 0 Å². The number of nitro benzene ring substituents is 1. The van der Waals surface area contributed by atoms with Crippen LogP contribution in [0.3, 0.4) is 0 Å². The predicted octanol–water partition coefficient (Wildman–Crippen LogP) is 3.03. The molecule has 0 fully saturated rings. The van der Waals surface area contributed by atoms with Crippen LogP contribution in [0.1, 0.15) is 31.7 Å². The van der Waals surface area contributed by atoms with Crippen molar-refractivity contribution in [3.05, 3.63) is 33.9 Å². The van der Waals surface area contributed by atoms with Crippen LogP contribution in [0.5, 0.6) is 0 Å². The Bertz CT molecular complexity index is 430. The molecule has 5 nitrogen and oxygen atoms in total. The lowest BCUT2D eigenvalue weighted by Crippen LogP contribution is -2.11. The second-order valence-electron chi connectivity index (χ2n) is 3.91. The summed E-state index contributed by atoms with van der Waals surface area (Å²) < 4.78 is 0. The van der Waals surface area contributed by atoms with Crippen LogP contribution in [0.15, 0.2) is 18.2 Å². The number of carbonyl (C=O) groups is 1. The summed E-state index contributed by atoms with van der Waals surface area (Å²) in [4.78, 5) is 21.6. The second-order valence-corrected chi connectivity index (χ2v) is 3.91. The third-order valence-corrected chi connectivity index (χ3v) is 2.43. The quantitative estimate of drug-likeness (QED) is 0.630. The maximum absolute atomic E-state index is 11.5. The van der Waals surface area contributed by atoms with E-state index in [1.54, 1.807) is 19.1 Å². The van der Waals surface area contributed by atoms with Crippen molar-refractivity contribution in [3.8, 4) is 0 Å². The molecule has 0 aliphatic heterocycles. The highest BCUT2D eigenvalue weighted by Crippen LogP contribution is 2.21. The van der Waals surface area contributed by atoms with Crippen LogP contribution in [0, 0.1) is 17.0 Å². The van der Waals surface area contributed by atoms with Crippen LogP contribution >= 0.6 is 0 Å².